The lowest BCUT2D eigenvalue weighted by Crippen LogP contribution is -2.43. The molecule has 2 aliphatic heterocycles. The average Bonchev–Trinajstić information content (AvgIpc) is 2.83. The van der Waals surface area contributed by atoms with Crippen LogP contribution in [0.15, 0.2) is 18.2 Å². The summed E-state index contributed by atoms with van der Waals surface area (Å²) in [7, 11) is 0. The van der Waals surface area contributed by atoms with Crippen molar-refractivity contribution in [1.82, 2.24) is 15.5 Å². The molecule has 0 aliphatic carbocycles. The fraction of sp³-hybridized carbons (Fsp3) is 0.444. The Morgan fingerprint density at radius 3 is 2.81 bits per heavy atom. The summed E-state index contributed by atoms with van der Waals surface area (Å²) >= 11 is 0. The molecule has 9 nitrogen and oxygen atoms in total. The molecule has 2 aliphatic rings. The number of nitrogens with one attached hydrogen (secondary N) is 2. The molecule has 0 radical (unpaired) electrons. The third-order valence-corrected chi connectivity index (χ3v) is 4.46. The van der Waals surface area contributed by atoms with Crippen molar-refractivity contribution < 1.29 is 23.9 Å². The molecule has 2 heterocycles. The smallest absolute Gasteiger partial charge is 0.325 e. The molecule has 2 N–H and O–H groups in total. The van der Waals surface area contributed by atoms with Crippen LogP contribution in [-0.4, -0.2) is 49.0 Å². The highest BCUT2D eigenvalue weighted by Gasteiger charge is 2.49. The van der Waals surface area contributed by atoms with Crippen LogP contribution < -0.4 is 20.1 Å². The van der Waals surface area contributed by atoms with Crippen LogP contribution in [0.25, 0.3) is 0 Å². The van der Waals surface area contributed by atoms with Crippen molar-refractivity contribution >= 4 is 17.8 Å². The van der Waals surface area contributed by atoms with Crippen molar-refractivity contribution in [1.29, 1.82) is 5.26 Å². The molecule has 3 rings (SSSR count). The van der Waals surface area contributed by atoms with E-state index >= 15 is 0 Å². The van der Waals surface area contributed by atoms with Crippen LogP contribution in [0, 0.1) is 11.3 Å². The van der Waals surface area contributed by atoms with E-state index in [9.17, 15) is 14.4 Å². The third-order valence-electron chi connectivity index (χ3n) is 4.46. The lowest BCUT2D eigenvalue weighted by Gasteiger charge is -2.23. The van der Waals surface area contributed by atoms with E-state index in [4.69, 9.17) is 14.7 Å². The maximum Gasteiger partial charge on any atom is 0.325 e. The van der Waals surface area contributed by atoms with Gasteiger partial charge in [-0.3, -0.25) is 14.5 Å². The number of nitriles is 1. The lowest BCUT2D eigenvalue weighted by atomic mass is 9.91. The van der Waals surface area contributed by atoms with E-state index in [2.05, 4.69) is 10.6 Å². The molecule has 1 fully saturated rings. The summed E-state index contributed by atoms with van der Waals surface area (Å²) in [5.41, 5.74) is -0.771. The molecule has 1 atom stereocenters. The Kier molecular flexibility index (Phi) is 5.16. The first-order valence-corrected chi connectivity index (χ1v) is 8.63. The second-order valence-electron chi connectivity index (χ2n) is 6.42. The Hall–Kier alpha value is -3.28. The van der Waals surface area contributed by atoms with Gasteiger partial charge in [-0.15, -0.1) is 0 Å². The standard InChI is InChI=1S/C18H20N4O5/c1-18(12-4-5-13-14(10-12)27-9-3-8-26-13)16(24)22(17(25)21-18)11-15(23)20-7-2-6-19/h4-5,10H,2-3,7-9,11H2,1H3,(H,20,23)(H,21,25)/t18-/m0/s1. The normalized spacial score (nSPS) is 21.3. The third kappa shape index (κ3) is 3.65. The number of benzene rings is 1. The van der Waals surface area contributed by atoms with Gasteiger partial charge in [0, 0.05) is 13.0 Å². The average molecular weight is 372 g/mol. The predicted molar refractivity (Wildman–Crippen MR) is 92.9 cm³/mol. The Bertz CT molecular complexity index is 818. The highest BCUT2D eigenvalue weighted by Crippen LogP contribution is 2.36. The summed E-state index contributed by atoms with van der Waals surface area (Å²) in [5.74, 6) is 0.0698. The summed E-state index contributed by atoms with van der Waals surface area (Å²) in [6, 6.07) is 6.33. The van der Waals surface area contributed by atoms with E-state index in [0.717, 1.165) is 11.3 Å². The minimum atomic E-state index is -1.31. The summed E-state index contributed by atoms with van der Waals surface area (Å²) in [5, 5.41) is 13.6. The second-order valence-corrected chi connectivity index (χ2v) is 6.42. The van der Waals surface area contributed by atoms with Gasteiger partial charge in [-0.25, -0.2) is 4.79 Å². The maximum absolute atomic E-state index is 12.9. The van der Waals surface area contributed by atoms with Gasteiger partial charge in [-0.2, -0.15) is 5.26 Å². The first-order valence-electron chi connectivity index (χ1n) is 8.63. The first kappa shape index (κ1) is 18.5. The Morgan fingerprint density at radius 1 is 1.33 bits per heavy atom. The number of imide groups is 1. The molecular weight excluding hydrogens is 352 g/mol. The molecule has 1 saturated heterocycles. The van der Waals surface area contributed by atoms with E-state index in [1.165, 1.54) is 0 Å². The zero-order valence-corrected chi connectivity index (χ0v) is 14.9. The van der Waals surface area contributed by atoms with Gasteiger partial charge in [0.05, 0.1) is 25.7 Å². The van der Waals surface area contributed by atoms with Gasteiger partial charge < -0.3 is 20.1 Å². The maximum atomic E-state index is 12.9. The fourth-order valence-corrected chi connectivity index (χ4v) is 2.97. The van der Waals surface area contributed by atoms with Crippen LogP contribution in [0.4, 0.5) is 4.79 Å². The van der Waals surface area contributed by atoms with Crippen LogP contribution >= 0.6 is 0 Å². The number of carbonyl (C=O) groups excluding carboxylic acids is 3. The van der Waals surface area contributed by atoms with Crippen molar-refractivity contribution in [3.63, 3.8) is 0 Å². The van der Waals surface area contributed by atoms with Crippen LogP contribution in [0.2, 0.25) is 0 Å². The van der Waals surface area contributed by atoms with Gasteiger partial charge in [0.1, 0.15) is 12.1 Å². The highest BCUT2D eigenvalue weighted by molar-refractivity contribution is 6.09. The van der Waals surface area contributed by atoms with E-state index in [-0.39, 0.29) is 13.0 Å². The highest BCUT2D eigenvalue weighted by atomic mass is 16.5. The van der Waals surface area contributed by atoms with Gasteiger partial charge in [-0.05, 0) is 24.6 Å². The van der Waals surface area contributed by atoms with Crippen molar-refractivity contribution in [2.75, 3.05) is 26.3 Å². The van der Waals surface area contributed by atoms with E-state index in [1.54, 1.807) is 25.1 Å². The largest absolute Gasteiger partial charge is 0.490 e. The number of amides is 4. The number of nitrogens with zero attached hydrogens (tertiary/aromatic N) is 2. The SMILES string of the molecule is C[C@@]1(c2ccc3c(c2)OCCCO3)NC(=O)N(CC(=O)NCCC#N)C1=O. The predicted octanol–water partition coefficient (Wildman–Crippen LogP) is 0.645. The summed E-state index contributed by atoms with van der Waals surface area (Å²) in [6.45, 7) is 2.39. The molecule has 1 aromatic rings. The van der Waals surface area contributed by atoms with E-state index in [0.29, 0.717) is 30.3 Å². The molecule has 0 spiro atoms. The minimum Gasteiger partial charge on any atom is -0.490 e. The molecule has 4 amide bonds. The van der Waals surface area contributed by atoms with E-state index < -0.39 is 29.9 Å². The second kappa shape index (κ2) is 7.53. The summed E-state index contributed by atoms with van der Waals surface area (Å²) in [4.78, 5) is 37.9. The Morgan fingerprint density at radius 2 is 2.07 bits per heavy atom. The van der Waals surface area contributed by atoms with Crippen LogP contribution in [0.3, 0.4) is 0 Å². The minimum absolute atomic E-state index is 0.154. The van der Waals surface area contributed by atoms with Gasteiger partial charge in [0.2, 0.25) is 5.91 Å². The van der Waals surface area contributed by atoms with E-state index in [1.807, 2.05) is 6.07 Å². The van der Waals surface area contributed by atoms with Gasteiger partial charge in [-0.1, -0.05) is 6.07 Å². The number of urea groups is 1. The number of hydrogen-bond acceptors (Lipinski definition) is 6. The molecule has 27 heavy (non-hydrogen) atoms. The van der Waals surface area contributed by atoms with Crippen LogP contribution in [0.5, 0.6) is 11.5 Å². The molecule has 142 valence electrons. The Balaban J connectivity index is 1.77. The molecule has 1 aromatic carbocycles. The Labute approximate surface area is 156 Å². The molecule has 0 bridgehead atoms. The molecule has 0 aromatic heterocycles. The lowest BCUT2D eigenvalue weighted by molar-refractivity contribution is -0.134. The monoisotopic (exact) mass is 372 g/mol. The topological polar surface area (TPSA) is 121 Å². The fourth-order valence-electron chi connectivity index (χ4n) is 2.97. The first-order chi connectivity index (χ1) is 13.0. The molecule has 9 heteroatoms. The van der Waals surface area contributed by atoms with Crippen LogP contribution in [0.1, 0.15) is 25.3 Å². The molecule has 0 unspecified atom stereocenters. The van der Waals surface area contributed by atoms with Crippen molar-refractivity contribution in [2.24, 2.45) is 0 Å². The van der Waals surface area contributed by atoms with Gasteiger partial charge >= 0.3 is 6.03 Å². The number of carbonyl (C=O) groups is 3. The zero-order valence-electron chi connectivity index (χ0n) is 14.9. The van der Waals surface area contributed by atoms with Crippen molar-refractivity contribution in [2.45, 2.75) is 25.3 Å². The quantitative estimate of drug-likeness (QED) is 0.578. The zero-order chi connectivity index (χ0) is 19.4. The van der Waals surface area contributed by atoms with Crippen molar-refractivity contribution in [3.8, 4) is 17.6 Å². The van der Waals surface area contributed by atoms with Gasteiger partial charge in [0.25, 0.3) is 5.91 Å². The number of ether oxygens (including phenoxy) is 2. The molecule has 0 saturated carbocycles. The van der Waals surface area contributed by atoms with Gasteiger partial charge in [0.15, 0.2) is 11.5 Å². The molecular formula is C18H20N4O5. The summed E-state index contributed by atoms with van der Waals surface area (Å²) in [6.07, 6.45) is 0.909. The summed E-state index contributed by atoms with van der Waals surface area (Å²) < 4.78 is 11.2. The number of rotatable bonds is 5. The van der Waals surface area contributed by atoms with Crippen molar-refractivity contribution in [3.05, 3.63) is 23.8 Å². The number of hydrogen-bond donors (Lipinski definition) is 2. The van der Waals surface area contributed by atoms with Crippen LogP contribution in [-0.2, 0) is 15.1 Å². The number of fused-ring (bicyclic) bond motifs is 1.